The molecular formula is C16H23ClN2O2. The summed E-state index contributed by atoms with van der Waals surface area (Å²) in [6, 6.07) is 7.40. The first-order valence-electron chi connectivity index (χ1n) is 7.63. The Morgan fingerprint density at radius 1 is 1.43 bits per heavy atom. The van der Waals surface area contributed by atoms with Gasteiger partial charge in [-0.3, -0.25) is 9.63 Å². The van der Waals surface area contributed by atoms with Crippen molar-refractivity contribution >= 4 is 17.5 Å². The molecule has 0 aromatic heterocycles. The van der Waals surface area contributed by atoms with Crippen LogP contribution in [0.1, 0.15) is 38.2 Å². The van der Waals surface area contributed by atoms with Crippen LogP contribution in [0.4, 0.5) is 0 Å². The number of nitrogens with one attached hydrogen (secondary N) is 1. The second kappa shape index (κ2) is 8.37. The van der Waals surface area contributed by atoms with Gasteiger partial charge in [0.1, 0.15) is 0 Å². The molecule has 0 bridgehead atoms. The van der Waals surface area contributed by atoms with Crippen LogP contribution in [0.5, 0.6) is 0 Å². The molecule has 1 aliphatic heterocycles. The lowest BCUT2D eigenvalue weighted by atomic mass is 10.2. The predicted molar refractivity (Wildman–Crippen MR) is 83.9 cm³/mol. The number of halogens is 1. The second-order valence-corrected chi connectivity index (χ2v) is 5.77. The first-order chi connectivity index (χ1) is 10.2. The molecule has 1 aliphatic rings. The fraction of sp³-hybridized carbons (Fsp3) is 0.562. The van der Waals surface area contributed by atoms with E-state index in [4.69, 9.17) is 16.4 Å². The summed E-state index contributed by atoms with van der Waals surface area (Å²) in [5.41, 5.74) is 1.02. The van der Waals surface area contributed by atoms with Crippen molar-refractivity contribution in [2.75, 3.05) is 13.2 Å². The van der Waals surface area contributed by atoms with Crippen molar-refractivity contribution in [3.8, 4) is 0 Å². The van der Waals surface area contributed by atoms with Crippen LogP contribution in [0.2, 0.25) is 5.02 Å². The van der Waals surface area contributed by atoms with Crippen molar-refractivity contribution in [1.82, 2.24) is 10.4 Å². The average molecular weight is 311 g/mol. The number of hydrogen-bond acceptors (Lipinski definition) is 3. The van der Waals surface area contributed by atoms with Crippen LogP contribution in [0, 0.1) is 0 Å². The maximum Gasteiger partial charge on any atom is 0.263 e. The van der Waals surface area contributed by atoms with Crippen LogP contribution < -0.4 is 5.32 Å². The number of unbranched alkanes of at least 4 members (excludes halogenated alkanes) is 1. The molecule has 1 fully saturated rings. The maximum atomic E-state index is 12.5. The van der Waals surface area contributed by atoms with Gasteiger partial charge in [0, 0.05) is 5.02 Å². The third-order valence-corrected chi connectivity index (χ3v) is 3.84. The summed E-state index contributed by atoms with van der Waals surface area (Å²) in [5, 5.41) is 5.43. The first kappa shape index (κ1) is 16.3. The van der Waals surface area contributed by atoms with Gasteiger partial charge in [-0.1, -0.05) is 37.1 Å². The molecule has 2 rings (SSSR count). The number of hydrogen-bond donors (Lipinski definition) is 1. The van der Waals surface area contributed by atoms with E-state index in [-0.39, 0.29) is 11.9 Å². The van der Waals surface area contributed by atoms with Gasteiger partial charge in [-0.25, -0.2) is 5.06 Å². The summed E-state index contributed by atoms with van der Waals surface area (Å²) in [6.07, 6.45) is 3.92. The zero-order chi connectivity index (χ0) is 15.1. The van der Waals surface area contributed by atoms with Gasteiger partial charge in [-0.15, -0.1) is 0 Å². The highest BCUT2D eigenvalue weighted by atomic mass is 35.5. The van der Waals surface area contributed by atoms with Crippen molar-refractivity contribution < 1.29 is 9.63 Å². The molecule has 1 aromatic rings. The molecule has 4 nitrogen and oxygen atoms in total. The number of nitrogens with zero attached hydrogens (tertiary/aromatic N) is 1. The van der Waals surface area contributed by atoms with E-state index in [0.29, 0.717) is 18.2 Å². The van der Waals surface area contributed by atoms with Crippen molar-refractivity contribution in [3.63, 3.8) is 0 Å². The third kappa shape index (κ3) is 4.99. The van der Waals surface area contributed by atoms with Gasteiger partial charge in [0.25, 0.3) is 5.91 Å². The molecule has 1 amide bonds. The minimum absolute atomic E-state index is 0.0264. The number of hydroxylamine groups is 2. The van der Waals surface area contributed by atoms with Crippen molar-refractivity contribution in [1.29, 1.82) is 0 Å². The SMILES string of the molecule is CCCCON(Cc1ccc(Cl)cc1)C(=O)C1CCCN1. The molecule has 1 N–H and O–H groups in total. The second-order valence-electron chi connectivity index (χ2n) is 5.34. The summed E-state index contributed by atoms with van der Waals surface area (Å²) in [5.74, 6) is 0.0264. The lowest BCUT2D eigenvalue weighted by Gasteiger charge is -2.25. The molecule has 21 heavy (non-hydrogen) atoms. The van der Waals surface area contributed by atoms with Crippen LogP contribution in [-0.4, -0.2) is 30.2 Å². The Morgan fingerprint density at radius 2 is 2.19 bits per heavy atom. The zero-order valence-corrected chi connectivity index (χ0v) is 13.2. The average Bonchev–Trinajstić information content (AvgIpc) is 3.02. The minimum Gasteiger partial charge on any atom is -0.306 e. The third-order valence-electron chi connectivity index (χ3n) is 3.59. The fourth-order valence-corrected chi connectivity index (χ4v) is 2.46. The van der Waals surface area contributed by atoms with E-state index in [2.05, 4.69) is 12.2 Å². The van der Waals surface area contributed by atoms with E-state index in [0.717, 1.165) is 37.8 Å². The molecule has 1 atom stereocenters. The Kier molecular flexibility index (Phi) is 6.49. The molecule has 1 aromatic carbocycles. The van der Waals surface area contributed by atoms with Crippen LogP contribution in [0.3, 0.4) is 0 Å². The molecule has 0 aliphatic carbocycles. The number of amides is 1. The highest BCUT2D eigenvalue weighted by Crippen LogP contribution is 2.15. The molecular weight excluding hydrogens is 288 g/mol. The molecule has 0 radical (unpaired) electrons. The summed E-state index contributed by atoms with van der Waals surface area (Å²) in [7, 11) is 0. The van der Waals surface area contributed by atoms with E-state index in [1.807, 2.05) is 24.3 Å². The van der Waals surface area contributed by atoms with E-state index in [1.54, 1.807) is 0 Å². The lowest BCUT2D eigenvalue weighted by molar-refractivity contribution is -0.192. The molecule has 1 saturated heterocycles. The van der Waals surface area contributed by atoms with E-state index in [1.165, 1.54) is 5.06 Å². The van der Waals surface area contributed by atoms with Crippen LogP contribution in [0.15, 0.2) is 24.3 Å². The Hall–Kier alpha value is -1.10. The molecule has 0 spiro atoms. The Labute approximate surface area is 131 Å². The van der Waals surface area contributed by atoms with Gasteiger partial charge in [-0.2, -0.15) is 0 Å². The zero-order valence-electron chi connectivity index (χ0n) is 12.5. The number of carbonyl (C=O) groups excluding carboxylic acids is 1. The summed E-state index contributed by atoms with van der Waals surface area (Å²) < 4.78 is 0. The lowest BCUT2D eigenvalue weighted by Crippen LogP contribution is -2.43. The Bertz CT molecular complexity index is 444. The monoisotopic (exact) mass is 310 g/mol. The largest absolute Gasteiger partial charge is 0.306 e. The van der Waals surface area contributed by atoms with Crippen molar-refractivity contribution in [2.45, 2.75) is 45.2 Å². The molecule has 1 unspecified atom stereocenters. The van der Waals surface area contributed by atoms with Crippen LogP contribution in [0.25, 0.3) is 0 Å². The summed E-state index contributed by atoms with van der Waals surface area (Å²) >= 11 is 5.89. The van der Waals surface area contributed by atoms with Crippen LogP contribution >= 0.6 is 11.6 Å². The van der Waals surface area contributed by atoms with Gasteiger partial charge in [0.2, 0.25) is 0 Å². The minimum atomic E-state index is -0.112. The van der Waals surface area contributed by atoms with Gasteiger partial charge in [0.05, 0.1) is 19.2 Å². The van der Waals surface area contributed by atoms with Gasteiger partial charge < -0.3 is 5.32 Å². The quantitative estimate of drug-likeness (QED) is 0.621. The molecule has 116 valence electrons. The highest BCUT2D eigenvalue weighted by molar-refractivity contribution is 6.30. The first-order valence-corrected chi connectivity index (χ1v) is 8.00. The smallest absolute Gasteiger partial charge is 0.263 e. The molecule has 5 heteroatoms. The van der Waals surface area contributed by atoms with E-state index in [9.17, 15) is 4.79 Å². The highest BCUT2D eigenvalue weighted by Gasteiger charge is 2.27. The van der Waals surface area contributed by atoms with Crippen LogP contribution in [-0.2, 0) is 16.2 Å². The number of carbonyl (C=O) groups is 1. The fourth-order valence-electron chi connectivity index (χ4n) is 2.33. The van der Waals surface area contributed by atoms with Gasteiger partial charge >= 0.3 is 0 Å². The summed E-state index contributed by atoms with van der Waals surface area (Å²) in [6.45, 7) is 4.04. The maximum absolute atomic E-state index is 12.5. The van der Waals surface area contributed by atoms with Gasteiger partial charge in [-0.05, 0) is 43.5 Å². The summed E-state index contributed by atoms with van der Waals surface area (Å²) in [4.78, 5) is 18.2. The standard InChI is InChI=1S/C16H23ClN2O2/c1-2-3-11-21-19(16(20)15-5-4-10-18-15)12-13-6-8-14(17)9-7-13/h6-9,15,18H,2-5,10-12H2,1H3. The topological polar surface area (TPSA) is 41.6 Å². The number of rotatable bonds is 7. The van der Waals surface area contributed by atoms with Gasteiger partial charge in [0.15, 0.2) is 0 Å². The van der Waals surface area contributed by atoms with Crippen molar-refractivity contribution in [2.24, 2.45) is 0 Å². The molecule has 0 saturated carbocycles. The Balaban J connectivity index is 1.99. The normalized spacial score (nSPS) is 17.9. The Morgan fingerprint density at radius 3 is 2.81 bits per heavy atom. The van der Waals surface area contributed by atoms with E-state index >= 15 is 0 Å². The van der Waals surface area contributed by atoms with Crippen molar-refractivity contribution in [3.05, 3.63) is 34.9 Å². The number of benzene rings is 1. The molecule has 1 heterocycles. The van der Waals surface area contributed by atoms with E-state index < -0.39 is 0 Å². The predicted octanol–water partition coefficient (Wildman–Crippen LogP) is 3.15.